The predicted molar refractivity (Wildman–Crippen MR) is 183 cm³/mol. The Bertz CT molecular complexity index is 1740. The Morgan fingerprint density at radius 1 is 0.520 bits per heavy atom. The van der Waals surface area contributed by atoms with E-state index in [1.54, 1.807) is 72.8 Å². The lowest BCUT2D eigenvalue weighted by molar-refractivity contribution is -0.126. The van der Waals surface area contributed by atoms with Crippen molar-refractivity contribution in [3.8, 4) is 34.5 Å². The first-order chi connectivity index (χ1) is 24.2. The van der Waals surface area contributed by atoms with E-state index >= 15 is 0 Å². The molecule has 0 saturated heterocycles. The Morgan fingerprint density at radius 3 is 1.24 bits per heavy atom. The lowest BCUT2D eigenvalue weighted by atomic mass is 10.2. The summed E-state index contributed by atoms with van der Waals surface area (Å²) in [6.07, 6.45) is 2.45. The molecule has 0 saturated carbocycles. The lowest BCUT2D eigenvalue weighted by Crippen LogP contribution is -2.22. The highest BCUT2D eigenvalue weighted by Gasteiger charge is 2.15. The number of amides is 2. The van der Waals surface area contributed by atoms with Crippen molar-refractivity contribution < 1.29 is 47.6 Å². The topological polar surface area (TPSA) is 172 Å². The van der Waals surface area contributed by atoms with E-state index in [0.717, 1.165) is 0 Å². The number of ether oxygens (including phenoxy) is 6. The maximum Gasteiger partial charge on any atom is 0.343 e. The van der Waals surface area contributed by atoms with Gasteiger partial charge in [0.1, 0.15) is 11.5 Å². The smallest absolute Gasteiger partial charge is 0.343 e. The molecule has 50 heavy (non-hydrogen) atoms. The number of nitrogens with zero attached hydrogens (tertiary/aromatic N) is 2. The number of rotatable bonds is 15. The van der Waals surface area contributed by atoms with Gasteiger partial charge in [-0.15, -0.1) is 0 Å². The van der Waals surface area contributed by atoms with Gasteiger partial charge in [0, 0.05) is 12.8 Å². The molecular formula is C36H34N4O10. The van der Waals surface area contributed by atoms with Crippen molar-refractivity contribution >= 4 is 36.2 Å². The van der Waals surface area contributed by atoms with Crippen LogP contribution in [0.1, 0.15) is 44.7 Å². The van der Waals surface area contributed by atoms with Gasteiger partial charge >= 0.3 is 11.9 Å². The Morgan fingerprint density at radius 2 is 0.900 bits per heavy atom. The van der Waals surface area contributed by atoms with Crippen LogP contribution in [0.2, 0.25) is 0 Å². The highest BCUT2D eigenvalue weighted by molar-refractivity contribution is 5.93. The Hall–Kier alpha value is -6.70. The number of nitrogens with one attached hydrogen (secondary N) is 2. The van der Waals surface area contributed by atoms with Crippen LogP contribution in [-0.2, 0) is 9.59 Å². The molecule has 0 radical (unpaired) electrons. The number of carbonyl (C=O) groups excluding carboxylic acids is 4. The molecule has 0 spiro atoms. The van der Waals surface area contributed by atoms with E-state index in [4.69, 9.17) is 28.4 Å². The summed E-state index contributed by atoms with van der Waals surface area (Å²) in [6, 6.07) is 22.4. The second-order valence-corrected chi connectivity index (χ2v) is 10.1. The first-order valence-corrected chi connectivity index (χ1v) is 14.9. The summed E-state index contributed by atoms with van der Waals surface area (Å²) in [5.41, 5.74) is 6.48. The molecule has 258 valence electrons. The molecule has 0 bridgehead atoms. The van der Waals surface area contributed by atoms with Crippen molar-refractivity contribution in [2.45, 2.75) is 12.8 Å². The molecule has 4 aromatic rings. The minimum Gasteiger partial charge on any atom is -0.497 e. The minimum atomic E-state index is -0.574. The fourth-order valence-electron chi connectivity index (χ4n) is 4.17. The van der Waals surface area contributed by atoms with Crippen LogP contribution in [0, 0.1) is 0 Å². The zero-order valence-corrected chi connectivity index (χ0v) is 27.6. The van der Waals surface area contributed by atoms with Crippen molar-refractivity contribution in [3.05, 3.63) is 107 Å². The van der Waals surface area contributed by atoms with E-state index in [-0.39, 0.29) is 35.8 Å². The number of hydrogen-bond acceptors (Lipinski definition) is 12. The maximum atomic E-state index is 12.5. The summed E-state index contributed by atoms with van der Waals surface area (Å²) in [4.78, 5) is 49.5. The molecule has 14 heteroatoms. The van der Waals surface area contributed by atoms with Crippen LogP contribution >= 0.6 is 0 Å². The second-order valence-electron chi connectivity index (χ2n) is 10.1. The van der Waals surface area contributed by atoms with Crippen LogP contribution in [0.25, 0.3) is 0 Å². The summed E-state index contributed by atoms with van der Waals surface area (Å²) in [5, 5.41) is 7.81. The Labute approximate surface area is 287 Å². The average molecular weight is 683 g/mol. The van der Waals surface area contributed by atoms with Crippen LogP contribution in [0.3, 0.4) is 0 Å². The number of benzene rings is 4. The van der Waals surface area contributed by atoms with Gasteiger partial charge in [0.15, 0.2) is 23.0 Å². The third kappa shape index (κ3) is 10.4. The van der Waals surface area contributed by atoms with Crippen LogP contribution in [0.5, 0.6) is 34.5 Å². The number of esters is 2. The van der Waals surface area contributed by atoms with E-state index in [9.17, 15) is 19.2 Å². The third-order valence-corrected chi connectivity index (χ3v) is 6.82. The van der Waals surface area contributed by atoms with Crippen molar-refractivity contribution in [2.24, 2.45) is 10.2 Å². The molecule has 0 aromatic heterocycles. The van der Waals surface area contributed by atoms with Gasteiger partial charge in [0.05, 0.1) is 52.0 Å². The molecule has 0 heterocycles. The van der Waals surface area contributed by atoms with Crippen LogP contribution in [0.15, 0.2) is 95.1 Å². The summed E-state index contributed by atoms with van der Waals surface area (Å²) < 4.78 is 31.8. The van der Waals surface area contributed by atoms with Gasteiger partial charge in [-0.3, -0.25) is 9.59 Å². The first kappa shape index (κ1) is 36.1. The zero-order valence-electron chi connectivity index (χ0n) is 27.6. The molecule has 0 aliphatic rings. The number of hydrazone groups is 2. The van der Waals surface area contributed by atoms with E-state index in [2.05, 4.69) is 21.1 Å². The highest BCUT2D eigenvalue weighted by Crippen LogP contribution is 2.30. The minimum absolute atomic E-state index is 0.148. The largest absolute Gasteiger partial charge is 0.497 e. The summed E-state index contributed by atoms with van der Waals surface area (Å²) >= 11 is 0. The standard InChI is InChI=1S/C36H34N4O10/c1-45-27-11-7-25(8-12-27)35(43)49-29-15-5-23(19-31(29)47-3)21-37-39-33(41)17-18-34(42)40-38-22-24-6-16-30(32(20-24)48-4)50-36(44)26-9-13-28(46-2)14-10-26/h5-16,19-22H,17-18H2,1-4H3,(H,39,41)(H,40,42)/b37-21+,38-22+. The number of carbonyl (C=O) groups is 4. The van der Waals surface area contributed by atoms with Crippen LogP contribution in [-0.4, -0.2) is 64.6 Å². The van der Waals surface area contributed by atoms with Gasteiger partial charge in [-0.2, -0.15) is 10.2 Å². The van der Waals surface area contributed by atoms with E-state index in [1.807, 2.05) is 0 Å². The van der Waals surface area contributed by atoms with Crippen molar-refractivity contribution in [1.29, 1.82) is 0 Å². The Kier molecular flexibility index (Phi) is 13.0. The summed E-state index contributed by atoms with van der Waals surface area (Å²) in [6.45, 7) is 0. The van der Waals surface area contributed by atoms with Crippen LogP contribution < -0.4 is 39.3 Å². The van der Waals surface area contributed by atoms with Gasteiger partial charge < -0.3 is 28.4 Å². The summed E-state index contributed by atoms with van der Waals surface area (Å²) in [7, 11) is 5.91. The maximum absolute atomic E-state index is 12.5. The fraction of sp³-hybridized carbons (Fsp3) is 0.167. The molecular weight excluding hydrogens is 648 g/mol. The predicted octanol–water partition coefficient (Wildman–Crippen LogP) is 4.54. The van der Waals surface area contributed by atoms with Crippen LogP contribution in [0.4, 0.5) is 0 Å². The molecule has 4 aromatic carbocycles. The number of methoxy groups -OCH3 is 4. The van der Waals surface area contributed by atoms with Gasteiger partial charge in [-0.1, -0.05) is 0 Å². The van der Waals surface area contributed by atoms with Crippen molar-refractivity contribution in [3.63, 3.8) is 0 Å². The van der Waals surface area contributed by atoms with Gasteiger partial charge in [0.2, 0.25) is 11.8 Å². The highest BCUT2D eigenvalue weighted by atomic mass is 16.6. The molecule has 4 rings (SSSR count). The number of hydrogen-bond donors (Lipinski definition) is 2. The van der Waals surface area contributed by atoms with E-state index in [0.29, 0.717) is 33.8 Å². The second kappa shape index (κ2) is 18.0. The molecule has 2 N–H and O–H groups in total. The zero-order chi connectivity index (χ0) is 35.9. The fourth-order valence-corrected chi connectivity index (χ4v) is 4.17. The average Bonchev–Trinajstić information content (AvgIpc) is 3.14. The van der Waals surface area contributed by atoms with Crippen molar-refractivity contribution in [2.75, 3.05) is 28.4 Å². The van der Waals surface area contributed by atoms with Gasteiger partial charge in [-0.25, -0.2) is 20.4 Å². The molecule has 14 nitrogen and oxygen atoms in total. The lowest BCUT2D eigenvalue weighted by Gasteiger charge is -2.10. The summed E-state index contributed by atoms with van der Waals surface area (Å²) in [5.74, 6) is 0.0318. The third-order valence-electron chi connectivity index (χ3n) is 6.82. The quantitative estimate of drug-likeness (QED) is 0.0785. The van der Waals surface area contributed by atoms with E-state index < -0.39 is 23.8 Å². The van der Waals surface area contributed by atoms with Crippen molar-refractivity contribution in [1.82, 2.24) is 10.9 Å². The normalized spacial score (nSPS) is 10.7. The molecule has 2 amide bonds. The van der Waals surface area contributed by atoms with Gasteiger partial charge in [0.25, 0.3) is 0 Å². The molecule has 0 unspecified atom stereocenters. The first-order valence-electron chi connectivity index (χ1n) is 14.9. The molecule has 0 aliphatic carbocycles. The van der Waals surface area contributed by atoms with Gasteiger partial charge in [-0.05, 0) is 96.1 Å². The monoisotopic (exact) mass is 682 g/mol. The molecule has 0 atom stereocenters. The Balaban J connectivity index is 1.21. The molecule has 0 fully saturated rings. The molecule has 0 aliphatic heterocycles. The van der Waals surface area contributed by atoms with E-state index in [1.165, 1.54) is 53.0 Å². The SMILES string of the molecule is COc1ccc(C(=O)Oc2ccc(/C=N/NC(=O)CCC(=O)N/N=C/c3ccc(OC(=O)c4ccc(OC)cc4)c(OC)c3)cc2OC)cc1.